The Balaban J connectivity index is 1.57. The van der Waals surface area contributed by atoms with Crippen LogP contribution in [0.25, 0.3) is 0 Å². The first-order chi connectivity index (χ1) is 10.4. The Hall–Kier alpha value is -0.300. The number of fused-ring (bicyclic) bond motifs is 5. The minimum atomic E-state index is -0.372. The van der Waals surface area contributed by atoms with E-state index in [0.717, 1.165) is 42.4 Å². The van der Waals surface area contributed by atoms with E-state index in [4.69, 9.17) is 0 Å². The van der Waals surface area contributed by atoms with Gasteiger partial charge < -0.3 is 5.11 Å². The fourth-order valence-electron chi connectivity index (χ4n) is 7.40. The second-order valence-corrected chi connectivity index (χ2v) is 9.48. The van der Waals surface area contributed by atoms with E-state index in [1.54, 1.807) is 5.57 Å². The Morgan fingerprint density at radius 1 is 0.955 bits per heavy atom. The summed E-state index contributed by atoms with van der Waals surface area (Å²) in [7, 11) is 0. The number of rotatable bonds is 0. The van der Waals surface area contributed by atoms with Crippen molar-refractivity contribution in [2.24, 2.45) is 35.0 Å². The van der Waals surface area contributed by atoms with Crippen LogP contribution in [-0.2, 0) is 0 Å². The molecule has 0 aromatic carbocycles. The normalized spacial score (nSPS) is 56.4. The summed E-state index contributed by atoms with van der Waals surface area (Å²) in [6.45, 7) is 6.91. The van der Waals surface area contributed by atoms with Crippen LogP contribution in [0.4, 0.5) is 0 Å². The van der Waals surface area contributed by atoms with E-state index in [1.807, 2.05) is 0 Å². The van der Waals surface area contributed by atoms with Crippen molar-refractivity contribution < 1.29 is 5.11 Å². The molecule has 22 heavy (non-hydrogen) atoms. The van der Waals surface area contributed by atoms with Crippen LogP contribution in [0.3, 0.4) is 0 Å². The van der Waals surface area contributed by atoms with Crippen LogP contribution >= 0.6 is 0 Å². The van der Waals surface area contributed by atoms with Crippen molar-refractivity contribution in [3.8, 4) is 0 Å². The molecule has 0 radical (unpaired) electrons. The smallest absolute Gasteiger partial charge is 0.0622 e. The third-order valence-electron chi connectivity index (χ3n) is 8.43. The zero-order chi connectivity index (χ0) is 15.5. The van der Waals surface area contributed by atoms with Gasteiger partial charge in [0, 0.05) is 0 Å². The van der Waals surface area contributed by atoms with Crippen molar-refractivity contribution in [2.75, 3.05) is 0 Å². The summed E-state index contributed by atoms with van der Waals surface area (Å²) in [6, 6.07) is 0. The zero-order valence-corrected chi connectivity index (χ0v) is 14.8. The molecule has 4 aliphatic carbocycles. The fraction of sp³-hybridized carbons (Fsp3) is 0.905. The summed E-state index contributed by atoms with van der Waals surface area (Å²) in [6.07, 6.45) is 14.4. The number of hydrogen-bond donors (Lipinski definition) is 1. The maximum Gasteiger partial charge on any atom is 0.0622 e. The maximum atomic E-state index is 10.5. The molecular formula is C21H34O. The SMILES string of the molecule is C/C=C1\CC[C@H]2[C@@H]3CC[C@@H]4C[C@@](C)(O)CC[C@@H]4[C@H]3CC[C@]12C. The average molecular weight is 303 g/mol. The van der Waals surface area contributed by atoms with Gasteiger partial charge in [-0.15, -0.1) is 0 Å². The average Bonchev–Trinajstić information content (AvgIpc) is 2.82. The Kier molecular flexibility index (Phi) is 3.53. The lowest BCUT2D eigenvalue weighted by atomic mass is 9.49. The molecule has 4 fully saturated rings. The van der Waals surface area contributed by atoms with Crippen LogP contribution in [0.1, 0.15) is 78.6 Å². The van der Waals surface area contributed by atoms with Crippen LogP contribution < -0.4 is 0 Å². The number of allylic oxidation sites excluding steroid dienone is 2. The summed E-state index contributed by atoms with van der Waals surface area (Å²) in [4.78, 5) is 0. The first kappa shape index (κ1) is 15.2. The van der Waals surface area contributed by atoms with E-state index >= 15 is 0 Å². The van der Waals surface area contributed by atoms with Gasteiger partial charge in [0.05, 0.1) is 5.60 Å². The Bertz CT molecular complexity index is 476. The van der Waals surface area contributed by atoms with Crippen LogP contribution in [0.15, 0.2) is 11.6 Å². The number of aliphatic hydroxyl groups is 1. The lowest BCUT2D eigenvalue weighted by Crippen LogP contribution is -2.49. The molecule has 0 saturated heterocycles. The Labute approximate surface area is 136 Å². The second kappa shape index (κ2) is 5.10. The van der Waals surface area contributed by atoms with E-state index in [0.29, 0.717) is 5.41 Å². The molecule has 124 valence electrons. The highest BCUT2D eigenvalue weighted by Crippen LogP contribution is 2.64. The Morgan fingerprint density at radius 2 is 1.73 bits per heavy atom. The molecule has 1 heteroatoms. The molecule has 0 unspecified atom stereocenters. The molecule has 4 aliphatic rings. The van der Waals surface area contributed by atoms with E-state index < -0.39 is 0 Å². The van der Waals surface area contributed by atoms with Crippen molar-refractivity contribution in [1.82, 2.24) is 0 Å². The second-order valence-electron chi connectivity index (χ2n) is 9.48. The predicted octanol–water partition coefficient (Wildman–Crippen LogP) is 5.34. The van der Waals surface area contributed by atoms with E-state index in [1.165, 1.54) is 44.9 Å². The Morgan fingerprint density at radius 3 is 2.50 bits per heavy atom. The molecule has 0 spiro atoms. The molecule has 0 bridgehead atoms. The molecule has 7 atom stereocenters. The van der Waals surface area contributed by atoms with Crippen molar-refractivity contribution in [3.05, 3.63) is 11.6 Å². The molecule has 1 nitrogen and oxygen atoms in total. The first-order valence-corrected chi connectivity index (χ1v) is 9.83. The van der Waals surface area contributed by atoms with Gasteiger partial charge in [-0.3, -0.25) is 0 Å². The zero-order valence-electron chi connectivity index (χ0n) is 14.8. The van der Waals surface area contributed by atoms with Crippen molar-refractivity contribution >= 4 is 0 Å². The van der Waals surface area contributed by atoms with Crippen LogP contribution in [0.2, 0.25) is 0 Å². The highest BCUT2D eigenvalue weighted by Gasteiger charge is 2.55. The van der Waals surface area contributed by atoms with Crippen LogP contribution in [0.5, 0.6) is 0 Å². The topological polar surface area (TPSA) is 20.2 Å². The van der Waals surface area contributed by atoms with E-state index in [-0.39, 0.29) is 5.60 Å². The molecule has 4 saturated carbocycles. The van der Waals surface area contributed by atoms with Gasteiger partial charge in [0.25, 0.3) is 0 Å². The van der Waals surface area contributed by atoms with E-state index in [2.05, 4.69) is 26.8 Å². The summed E-state index contributed by atoms with van der Waals surface area (Å²) in [5, 5.41) is 10.5. The molecule has 0 aromatic rings. The minimum absolute atomic E-state index is 0.372. The molecule has 0 heterocycles. The molecule has 0 aliphatic heterocycles. The third kappa shape index (κ3) is 2.14. The minimum Gasteiger partial charge on any atom is -0.390 e. The van der Waals surface area contributed by atoms with Gasteiger partial charge in [-0.1, -0.05) is 18.6 Å². The molecule has 0 aromatic heterocycles. The monoisotopic (exact) mass is 302 g/mol. The summed E-state index contributed by atoms with van der Waals surface area (Å²) >= 11 is 0. The van der Waals surface area contributed by atoms with Crippen LogP contribution in [-0.4, -0.2) is 10.7 Å². The van der Waals surface area contributed by atoms with Crippen molar-refractivity contribution in [2.45, 2.75) is 84.2 Å². The molecule has 1 N–H and O–H groups in total. The van der Waals surface area contributed by atoms with Gasteiger partial charge in [0.1, 0.15) is 0 Å². The molecule has 0 amide bonds. The van der Waals surface area contributed by atoms with Gasteiger partial charge >= 0.3 is 0 Å². The van der Waals surface area contributed by atoms with Gasteiger partial charge in [0.15, 0.2) is 0 Å². The van der Waals surface area contributed by atoms with Gasteiger partial charge in [-0.05, 0) is 107 Å². The molecule has 4 rings (SSSR count). The quantitative estimate of drug-likeness (QED) is 0.599. The maximum absolute atomic E-state index is 10.5. The standard InChI is InChI=1S/C21H34O/c1-4-15-6-8-19-18-7-5-14-13-20(2,22)11-9-16(14)17(18)10-12-21(15,19)3/h4,14,16-19,22H,5-13H2,1-3H3/b15-4+/t14-,16+,17-,18-,19+,20+,21-/m1/s1. The van der Waals surface area contributed by atoms with Crippen molar-refractivity contribution in [1.29, 1.82) is 0 Å². The highest BCUT2D eigenvalue weighted by atomic mass is 16.3. The van der Waals surface area contributed by atoms with Gasteiger partial charge in [-0.2, -0.15) is 0 Å². The van der Waals surface area contributed by atoms with Crippen molar-refractivity contribution in [3.63, 3.8) is 0 Å². The van der Waals surface area contributed by atoms with Gasteiger partial charge in [0.2, 0.25) is 0 Å². The summed E-state index contributed by atoms with van der Waals surface area (Å²) in [5.74, 6) is 4.67. The van der Waals surface area contributed by atoms with Gasteiger partial charge in [-0.25, -0.2) is 0 Å². The first-order valence-electron chi connectivity index (χ1n) is 9.83. The predicted molar refractivity (Wildman–Crippen MR) is 91.5 cm³/mol. The lowest BCUT2D eigenvalue weighted by molar-refractivity contribution is -0.0899. The third-order valence-corrected chi connectivity index (χ3v) is 8.43. The largest absolute Gasteiger partial charge is 0.390 e. The summed E-state index contributed by atoms with van der Waals surface area (Å²) < 4.78 is 0. The molecular weight excluding hydrogens is 268 g/mol. The highest BCUT2D eigenvalue weighted by molar-refractivity contribution is 5.23. The van der Waals surface area contributed by atoms with Crippen LogP contribution in [0, 0.1) is 35.0 Å². The summed E-state index contributed by atoms with van der Waals surface area (Å²) in [5.41, 5.74) is 1.93. The van der Waals surface area contributed by atoms with E-state index in [9.17, 15) is 5.11 Å². The fourth-order valence-corrected chi connectivity index (χ4v) is 7.40. The number of hydrogen-bond acceptors (Lipinski definition) is 1. The lowest BCUT2D eigenvalue weighted by Gasteiger charge is -2.56.